The summed E-state index contributed by atoms with van der Waals surface area (Å²) in [6.07, 6.45) is 0.670. The van der Waals surface area contributed by atoms with Gasteiger partial charge in [-0.3, -0.25) is 9.59 Å². The molecule has 2 rings (SSSR count). The summed E-state index contributed by atoms with van der Waals surface area (Å²) in [5, 5.41) is 2.97. The molecule has 0 heterocycles. The molecule has 0 spiro atoms. The molecular weight excluding hydrogens is 376 g/mol. The van der Waals surface area contributed by atoms with Crippen molar-refractivity contribution in [1.82, 2.24) is 10.2 Å². The molecule has 5 heteroatoms. The summed E-state index contributed by atoms with van der Waals surface area (Å²) in [5.41, 5.74) is 2.88. The highest BCUT2D eigenvalue weighted by Gasteiger charge is 2.28. The number of carbonyl (C=O) groups excluding carboxylic acids is 2. The van der Waals surface area contributed by atoms with E-state index in [0.717, 1.165) is 16.7 Å². The van der Waals surface area contributed by atoms with Crippen molar-refractivity contribution in [3.05, 3.63) is 65.2 Å². The highest BCUT2D eigenvalue weighted by Crippen LogP contribution is 2.20. The molecule has 0 saturated carbocycles. The van der Waals surface area contributed by atoms with E-state index in [-0.39, 0.29) is 24.0 Å². The third kappa shape index (κ3) is 6.90. The Morgan fingerprint density at radius 2 is 1.70 bits per heavy atom. The molecule has 2 aromatic rings. The molecule has 0 fully saturated rings. The van der Waals surface area contributed by atoms with Gasteiger partial charge in [0, 0.05) is 12.1 Å². The summed E-state index contributed by atoms with van der Waals surface area (Å²) in [4.78, 5) is 27.4. The average molecular weight is 411 g/mol. The van der Waals surface area contributed by atoms with Crippen LogP contribution in [0, 0.1) is 13.8 Å². The first-order valence-electron chi connectivity index (χ1n) is 10.4. The first-order chi connectivity index (χ1) is 14.1. The number of benzene rings is 2. The minimum absolute atomic E-state index is 0.105. The van der Waals surface area contributed by atoms with Gasteiger partial charge in [0.25, 0.3) is 5.91 Å². The first kappa shape index (κ1) is 23.5. The Bertz CT molecular complexity index is 856. The van der Waals surface area contributed by atoms with E-state index in [4.69, 9.17) is 4.74 Å². The van der Waals surface area contributed by atoms with Crippen LogP contribution in [0.3, 0.4) is 0 Å². The monoisotopic (exact) mass is 410 g/mol. The lowest BCUT2D eigenvalue weighted by Crippen LogP contribution is -2.53. The van der Waals surface area contributed by atoms with Crippen molar-refractivity contribution in [1.29, 1.82) is 0 Å². The summed E-state index contributed by atoms with van der Waals surface area (Å²) in [7, 11) is 0. The van der Waals surface area contributed by atoms with Crippen molar-refractivity contribution in [2.75, 3.05) is 13.2 Å². The molecule has 2 aromatic carbocycles. The Balaban J connectivity index is 2.12. The molecular formula is C25H34N2O3. The Hall–Kier alpha value is -2.82. The topological polar surface area (TPSA) is 58.6 Å². The number of nitrogens with one attached hydrogen (secondary N) is 1. The molecule has 0 bridgehead atoms. The van der Waals surface area contributed by atoms with Gasteiger partial charge in [0.15, 0.2) is 6.61 Å². The number of nitrogens with zero attached hydrogens (tertiary/aromatic N) is 1. The minimum atomic E-state index is -0.595. The number of aryl methyl sites for hydroxylation is 1. The highest BCUT2D eigenvalue weighted by molar-refractivity contribution is 5.88. The van der Waals surface area contributed by atoms with E-state index in [1.165, 1.54) is 0 Å². The quantitative estimate of drug-likeness (QED) is 0.714. The molecule has 1 atom stereocenters. The lowest BCUT2D eigenvalue weighted by atomic mass is 10.1. The highest BCUT2D eigenvalue weighted by atomic mass is 16.5. The zero-order valence-corrected chi connectivity index (χ0v) is 19.0. The molecule has 5 nitrogen and oxygen atoms in total. The Morgan fingerprint density at radius 3 is 2.33 bits per heavy atom. The third-order valence-corrected chi connectivity index (χ3v) is 5.06. The molecule has 0 unspecified atom stereocenters. The lowest BCUT2D eigenvalue weighted by molar-refractivity contribution is -0.142. The summed E-state index contributed by atoms with van der Waals surface area (Å²) in [6, 6.07) is 15.1. The molecule has 0 aliphatic heterocycles. The van der Waals surface area contributed by atoms with Crippen LogP contribution < -0.4 is 10.1 Å². The van der Waals surface area contributed by atoms with Gasteiger partial charge in [0.2, 0.25) is 5.91 Å². The van der Waals surface area contributed by atoms with E-state index >= 15 is 0 Å². The van der Waals surface area contributed by atoms with Crippen LogP contribution in [-0.4, -0.2) is 41.4 Å². The van der Waals surface area contributed by atoms with Gasteiger partial charge in [0.05, 0.1) is 0 Å². The lowest BCUT2D eigenvalue weighted by Gasteiger charge is -2.31. The van der Waals surface area contributed by atoms with Crippen molar-refractivity contribution in [2.24, 2.45) is 0 Å². The summed E-state index contributed by atoms with van der Waals surface area (Å²) in [6.45, 7) is 11.9. The molecule has 1 N–H and O–H groups in total. The van der Waals surface area contributed by atoms with Gasteiger partial charge >= 0.3 is 0 Å². The molecule has 2 amide bonds. The van der Waals surface area contributed by atoms with Gasteiger partial charge in [0.1, 0.15) is 11.8 Å². The molecule has 0 aliphatic rings. The van der Waals surface area contributed by atoms with E-state index < -0.39 is 6.04 Å². The van der Waals surface area contributed by atoms with Crippen molar-refractivity contribution in [2.45, 2.75) is 59.5 Å². The predicted molar refractivity (Wildman–Crippen MR) is 121 cm³/mol. The molecule has 0 saturated heterocycles. The number of carbonyl (C=O) groups is 2. The molecule has 162 valence electrons. The maximum Gasteiger partial charge on any atom is 0.261 e. The average Bonchev–Trinajstić information content (AvgIpc) is 2.68. The van der Waals surface area contributed by atoms with Crippen molar-refractivity contribution >= 4 is 11.8 Å². The van der Waals surface area contributed by atoms with E-state index in [1.54, 1.807) is 11.8 Å². The number of hydrogen-bond acceptors (Lipinski definition) is 3. The molecule has 0 aliphatic carbocycles. The zero-order valence-electron chi connectivity index (χ0n) is 19.0. The molecule has 30 heavy (non-hydrogen) atoms. The van der Waals surface area contributed by atoms with Gasteiger partial charge in [-0.25, -0.2) is 0 Å². The zero-order chi connectivity index (χ0) is 22.3. The van der Waals surface area contributed by atoms with Crippen LogP contribution in [0.15, 0.2) is 48.5 Å². The standard InChI is InChI=1S/C25H34N2O3/c1-18-11-10-14-22(19(18)2)30-17-23(28)27(16-15-21-12-8-7-9-13-21)20(3)24(29)26-25(4,5)6/h7-14,20H,15-17H2,1-6H3,(H,26,29)/t20-/m0/s1. The van der Waals surface area contributed by atoms with Gasteiger partial charge in [-0.2, -0.15) is 0 Å². The van der Waals surface area contributed by atoms with Gasteiger partial charge in [-0.05, 0) is 70.7 Å². The van der Waals surface area contributed by atoms with E-state index in [9.17, 15) is 9.59 Å². The predicted octanol–water partition coefficient (Wildman–Crippen LogP) is 4.06. The smallest absolute Gasteiger partial charge is 0.261 e. The van der Waals surface area contributed by atoms with Crippen LogP contribution in [0.4, 0.5) is 0 Å². The Morgan fingerprint density at radius 1 is 1.03 bits per heavy atom. The Kier molecular flexibility index (Phi) is 8.04. The fraction of sp³-hybridized carbons (Fsp3) is 0.440. The maximum absolute atomic E-state index is 13.1. The molecule has 0 aromatic heterocycles. The van der Waals surface area contributed by atoms with Crippen LogP contribution in [0.2, 0.25) is 0 Å². The van der Waals surface area contributed by atoms with Gasteiger partial charge in [-0.1, -0.05) is 42.5 Å². The van der Waals surface area contributed by atoms with E-state index in [1.807, 2.05) is 83.1 Å². The first-order valence-corrected chi connectivity index (χ1v) is 10.4. The van der Waals surface area contributed by atoms with Crippen LogP contribution in [0.25, 0.3) is 0 Å². The number of rotatable bonds is 8. The van der Waals surface area contributed by atoms with Crippen molar-refractivity contribution in [3.63, 3.8) is 0 Å². The maximum atomic E-state index is 13.1. The SMILES string of the molecule is Cc1cccc(OCC(=O)N(CCc2ccccc2)[C@@H](C)C(=O)NC(C)(C)C)c1C. The number of amides is 2. The van der Waals surface area contributed by atoms with Gasteiger partial charge in [-0.15, -0.1) is 0 Å². The van der Waals surface area contributed by atoms with Crippen LogP contribution in [0.5, 0.6) is 5.75 Å². The van der Waals surface area contributed by atoms with E-state index in [0.29, 0.717) is 18.7 Å². The normalized spacial score (nSPS) is 12.2. The second-order valence-electron chi connectivity index (χ2n) is 8.72. The summed E-state index contributed by atoms with van der Waals surface area (Å²) < 4.78 is 5.82. The second-order valence-corrected chi connectivity index (χ2v) is 8.72. The minimum Gasteiger partial charge on any atom is -0.483 e. The van der Waals surface area contributed by atoms with Crippen molar-refractivity contribution < 1.29 is 14.3 Å². The largest absolute Gasteiger partial charge is 0.483 e. The van der Waals surface area contributed by atoms with E-state index in [2.05, 4.69) is 5.32 Å². The van der Waals surface area contributed by atoms with Gasteiger partial charge < -0.3 is 15.0 Å². The fourth-order valence-electron chi connectivity index (χ4n) is 3.15. The summed E-state index contributed by atoms with van der Waals surface area (Å²) in [5.74, 6) is 0.317. The van der Waals surface area contributed by atoms with Crippen molar-refractivity contribution in [3.8, 4) is 5.75 Å². The van der Waals surface area contributed by atoms with Crippen LogP contribution >= 0.6 is 0 Å². The number of ether oxygens (including phenoxy) is 1. The summed E-state index contributed by atoms with van der Waals surface area (Å²) >= 11 is 0. The third-order valence-electron chi connectivity index (χ3n) is 5.06. The molecule has 0 radical (unpaired) electrons. The Labute approximate surface area is 180 Å². The fourth-order valence-corrected chi connectivity index (χ4v) is 3.15. The number of hydrogen-bond donors (Lipinski definition) is 1. The second kappa shape index (κ2) is 10.3. The van der Waals surface area contributed by atoms with Crippen LogP contribution in [0.1, 0.15) is 44.4 Å². The van der Waals surface area contributed by atoms with Crippen LogP contribution in [-0.2, 0) is 16.0 Å².